The number of hydrogen-bond donors (Lipinski definition) is 1. The second kappa shape index (κ2) is 11.5. The Bertz CT molecular complexity index is 903. The van der Waals surface area contributed by atoms with Crippen molar-refractivity contribution in [3.05, 3.63) is 58.7 Å². The number of benzene rings is 2. The summed E-state index contributed by atoms with van der Waals surface area (Å²) in [6, 6.07) is 11.9. The maximum atomic E-state index is 12.2. The van der Waals surface area contributed by atoms with Gasteiger partial charge < -0.3 is 14.6 Å². The second-order valence-corrected chi connectivity index (χ2v) is 8.01. The topological polar surface area (TPSA) is 72.8 Å². The van der Waals surface area contributed by atoms with E-state index in [-0.39, 0.29) is 12.2 Å². The fourth-order valence-corrected chi connectivity index (χ4v) is 4.06. The van der Waals surface area contributed by atoms with Crippen LogP contribution in [0.2, 0.25) is 0 Å². The average molecular weight is 425 g/mol. The van der Waals surface area contributed by atoms with Crippen molar-refractivity contribution in [2.75, 3.05) is 13.2 Å². The van der Waals surface area contributed by atoms with Crippen molar-refractivity contribution in [3.63, 3.8) is 0 Å². The van der Waals surface area contributed by atoms with Crippen LogP contribution < -0.4 is 9.47 Å². The lowest BCUT2D eigenvalue weighted by molar-refractivity contribution is -0.136. The van der Waals surface area contributed by atoms with Gasteiger partial charge in [0.2, 0.25) is 0 Å². The maximum absolute atomic E-state index is 12.2. The van der Waals surface area contributed by atoms with E-state index in [1.165, 1.54) is 5.56 Å². The molecule has 5 heteroatoms. The van der Waals surface area contributed by atoms with Gasteiger partial charge in [-0.25, -0.2) is 0 Å². The van der Waals surface area contributed by atoms with E-state index in [1.807, 2.05) is 30.3 Å². The molecule has 1 aliphatic rings. The van der Waals surface area contributed by atoms with Gasteiger partial charge in [0.25, 0.3) is 0 Å². The lowest BCUT2D eigenvalue weighted by atomic mass is 9.98. The monoisotopic (exact) mass is 424 g/mol. The Morgan fingerprint density at radius 1 is 1.03 bits per heavy atom. The van der Waals surface area contributed by atoms with Crippen LogP contribution in [-0.2, 0) is 24.1 Å². The molecule has 0 spiro atoms. The molecule has 0 radical (unpaired) electrons. The molecule has 0 bridgehead atoms. The Hall–Kier alpha value is -2.82. The first-order valence-corrected chi connectivity index (χ1v) is 11.3. The van der Waals surface area contributed by atoms with Gasteiger partial charge in [0.15, 0.2) is 5.78 Å². The number of carbonyl (C=O) groups is 2. The molecule has 2 aromatic rings. The summed E-state index contributed by atoms with van der Waals surface area (Å²) >= 11 is 0. The summed E-state index contributed by atoms with van der Waals surface area (Å²) in [5.74, 6) is 0.933. The lowest BCUT2D eigenvalue weighted by Crippen LogP contribution is -2.17. The summed E-state index contributed by atoms with van der Waals surface area (Å²) < 4.78 is 11.9. The largest absolute Gasteiger partial charge is 0.493 e. The van der Waals surface area contributed by atoms with E-state index in [0.717, 1.165) is 55.4 Å². The molecule has 0 atom stereocenters. The van der Waals surface area contributed by atoms with E-state index in [2.05, 4.69) is 13.0 Å². The van der Waals surface area contributed by atoms with Gasteiger partial charge in [0.05, 0.1) is 18.8 Å². The zero-order chi connectivity index (χ0) is 22.1. The summed E-state index contributed by atoms with van der Waals surface area (Å²) in [6.07, 6.45) is 6.96. The Morgan fingerprint density at radius 2 is 1.81 bits per heavy atom. The van der Waals surface area contributed by atoms with Gasteiger partial charge in [0.1, 0.15) is 11.5 Å². The molecule has 1 aliphatic heterocycles. The molecular weight excluding hydrogens is 392 g/mol. The van der Waals surface area contributed by atoms with Crippen molar-refractivity contribution in [3.8, 4) is 11.5 Å². The Morgan fingerprint density at radius 3 is 2.55 bits per heavy atom. The minimum atomic E-state index is -0.758. The molecule has 2 aromatic carbocycles. The summed E-state index contributed by atoms with van der Waals surface area (Å²) in [6.45, 7) is 3.19. The van der Waals surface area contributed by atoms with Gasteiger partial charge in [-0.2, -0.15) is 0 Å². The number of aliphatic carboxylic acids is 1. The predicted octanol–water partition coefficient (Wildman–Crippen LogP) is 5.41. The highest BCUT2D eigenvalue weighted by atomic mass is 16.5. The fourth-order valence-electron chi connectivity index (χ4n) is 4.06. The normalized spacial score (nSPS) is 12.9. The van der Waals surface area contributed by atoms with E-state index in [9.17, 15) is 9.59 Å². The molecule has 0 fully saturated rings. The van der Waals surface area contributed by atoms with Crippen molar-refractivity contribution < 1.29 is 24.2 Å². The maximum Gasteiger partial charge on any atom is 0.303 e. The number of Topliss-reactive ketones (excluding diaryl/α,β-unsaturated/α-hetero) is 1. The van der Waals surface area contributed by atoms with Gasteiger partial charge in [-0.15, -0.1) is 0 Å². The molecule has 0 aliphatic carbocycles. The highest BCUT2D eigenvalue weighted by Crippen LogP contribution is 2.36. The van der Waals surface area contributed by atoms with E-state index in [1.54, 1.807) is 0 Å². The Kier molecular flexibility index (Phi) is 8.51. The van der Waals surface area contributed by atoms with Crippen LogP contribution in [0, 0.1) is 0 Å². The van der Waals surface area contributed by atoms with Crippen molar-refractivity contribution in [1.82, 2.24) is 0 Å². The van der Waals surface area contributed by atoms with Gasteiger partial charge in [0, 0.05) is 18.4 Å². The summed E-state index contributed by atoms with van der Waals surface area (Å²) in [4.78, 5) is 23.0. The minimum absolute atomic E-state index is 0.147. The Balaban J connectivity index is 1.49. The molecule has 1 N–H and O–H groups in total. The third-order valence-electron chi connectivity index (χ3n) is 5.67. The summed E-state index contributed by atoms with van der Waals surface area (Å²) in [5, 5.41) is 8.93. The van der Waals surface area contributed by atoms with Crippen molar-refractivity contribution in [1.29, 1.82) is 0 Å². The van der Waals surface area contributed by atoms with Crippen LogP contribution in [-0.4, -0.2) is 30.1 Å². The summed E-state index contributed by atoms with van der Waals surface area (Å²) in [5.41, 5.74) is 4.07. The van der Waals surface area contributed by atoms with Crippen LogP contribution in [0.4, 0.5) is 0 Å². The molecule has 0 saturated heterocycles. The lowest BCUT2D eigenvalue weighted by Gasteiger charge is -2.22. The second-order valence-electron chi connectivity index (χ2n) is 8.01. The molecule has 166 valence electrons. The van der Waals surface area contributed by atoms with Gasteiger partial charge in [-0.1, -0.05) is 37.6 Å². The molecule has 3 rings (SSSR count). The third kappa shape index (κ3) is 6.33. The SMILES string of the molecule is CCCc1c(OCCCCCc2ccccc2CCC(=O)O)ccc2c1OCCC2=O. The average Bonchev–Trinajstić information content (AvgIpc) is 2.77. The Labute approximate surface area is 184 Å². The van der Waals surface area contributed by atoms with E-state index in [4.69, 9.17) is 14.6 Å². The van der Waals surface area contributed by atoms with Crippen molar-refractivity contribution in [2.45, 2.75) is 64.7 Å². The number of fused-ring (bicyclic) bond motifs is 1. The molecule has 1 heterocycles. The number of rotatable bonds is 12. The van der Waals surface area contributed by atoms with Crippen molar-refractivity contribution >= 4 is 11.8 Å². The molecule has 5 nitrogen and oxygen atoms in total. The first-order chi connectivity index (χ1) is 15.1. The van der Waals surface area contributed by atoms with E-state index in [0.29, 0.717) is 37.4 Å². The predicted molar refractivity (Wildman–Crippen MR) is 120 cm³/mol. The van der Waals surface area contributed by atoms with Gasteiger partial charge in [-0.3, -0.25) is 9.59 Å². The van der Waals surface area contributed by atoms with Crippen LogP contribution in [0.1, 0.15) is 72.5 Å². The first-order valence-electron chi connectivity index (χ1n) is 11.3. The molecule has 0 aromatic heterocycles. The number of hydrogen-bond acceptors (Lipinski definition) is 4. The molecule has 0 saturated carbocycles. The highest BCUT2D eigenvalue weighted by molar-refractivity contribution is 6.00. The zero-order valence-electron chi connectivity index (χ0n) is 18.3. The van der Waals surface area contributed by atoms with E-state index >= 15 is 0 Å². The van der Waals surface area contributed by atoms with Crippen LogP contribution in [0.15, 0.2) is 36.4 Å². The number of aryl methyl sites for hydroxylation is 2. The molecule has 0 unspecified atom stereocenters. The van der Waals surface area contributed by atoms with Crippen LogP contribution in [0.25, 0.3) is 0 Å². The van der Waals surface area contributed by atoms with E-state index < -0.39 is 5.97 Å². The quantitative estimate of drug-likeness (QED) is 0.461. The number of carboxylic acids is 1. The van der Waals surface area contributed by atoms with Crippen LogP contribution in [0.5, 0.6) is 11.5 Å². The molecule has 31 heavy (non-hydrogen) atoms. The number of unbranched alkanes of at least 4 members (excludes halogenated alkanes) is 2. The molecule has 0 amide bonds. The number of ketones is 1. The fraction of sp³-hybridized carbons (Fsp3) is 0.462. The van der Waals surface area contributed by atoms with Gasteiger partial charge >= 0.3 is 5.97 Å². The number of ether oxygens (including phenoxy) is 2. The molecular formula is C26H32O5. The minimum Gasteiger partial charge on any atom is -0.493 e. The van der Waals surface area contributed by atoms with Crippen LogP contribution in [0.3, 0.4) is 0 Å². The van der Waals surface area contributed by atoms with Crippen molar-refractivity contribution in [2.24, 2.45) is 0 Å². The number of carbonyl (C=O) groups excluding carboxylic acids is 1. The number of carboxylic acid groups (broad SMARTS) is 1. The first kappa shape index (κ1) is 22.9. The smallest absolute Gasteiger partial charge is 0.303 e. The van der Waals surface area contributed by atoms with Crippen LogP contribution >= 0.6 is 0 Å². The third-order valence-corrected chi connectivity index (χ3v) is 5.67. The van der Waals surface area contributed by atoms with Gasteiger partial charge in [-0.05, 0) is 61.8 Å². The highest BCUT2D eigenvalue weighted by Gasteiger charge is 2.23. The zero-order valence-corrected chi connectivity index (χ0v) is 18.3. The summed E-state index contributed by atoms with van der Waals surface area (Å²) in [7, 11) is 0. The standard InChI is InChI=1S/C26H32O5/c1-2-8-22-24(14-13-21-23(27)16-18-31-26(21)22)30-17-7-3-4-9-19-10-5-6-11-20(19)12-15-25(28)29/h5-6,10-11,13-14H,2-4,7-9,12,15-18H2,1H3,(H,28,29).